The lowest BCUT2D eigenvalue weighted by atomic mass is 10.1. The van der Waals surface area contributed by atoms with E-state index in [1.807, 2.05) is 41.4 Å². The molecule has 4 aromatic rings. The van der Waals surface area contributed by atoms with E-state index >= 15 is 0 Å². The molecule has 1 saturated carbocycles. The zero-order valence-corrected chi connectivity index (χ0v) is 25.3. The third-order valence-electron chi connectivity index (χ3n) is 7.10. The van der Waals surface area contributed by atoms with Gasteiger partial charge in [0, 0.05) is 32.4 Å². The molecule has 3 aromatic heterocycles. The number of ether oxygens (including phenoxy) is 3. The third-order valence-corrected chi connectivity index (χ3v) is 9.91. The first kappa shape index (κ1) is 27.5. The monoisotopic (exact) mass is 563 g/mol. The highest BCUT2D eigenvalue weighted by molar-refractivity contribution is 7.15. The topological polar surface area (TPSA) is 82.5 Å². The van der Waals surface area contributed by atoms with Crippen molar-refractivity contribution >= 4 is 41.4 Å². The first-order chi connectivity index (χ1) is 18.8. The van der Waals surface area contributed by atoms with Gasteiger partial charge in [0.1, 0.15) is 17.6 Å². The molecule has 1 aliphatic rings. The maximum atomic E-state index is 6.19. The number of fused-ring (bicyclic) bond motifs is 1. The van der Waals surface area contributed by atoms with Crippen LogP contribution in [0.5, 0.6) is 11.5 Å². The Balaban J connectivity index is 1.46. The van der Waals surface area contributed by atoms with Crippen molar-refractivity contribution in [2.45, 2.75) is 57.3 Å². The van der Waals surface area contributed by atoms with Crippen LogP contribution in [-0.4, -0.2) is 55.8 Å². The number of benzene rings is 1. The van der Waals surface area contributed by atoms with Crippen molar-refractivity contribution in [3.05, 3.63) is 47.6 Å². The second-order valence-corrected chi connectivity index (χ2v) is 17.8. The Morgan fingerprint density at radius 1 is 0.923 bits per heavy atom. The summed E-state index contributed by atoms with van der Waals surface area (Å²) in [5, 5.41) is 11.1. The molecule has 0 unspecified atom stereocenters. The van der Waals surface area contributed by atoms with Gasteiger partial charge in [0.15, 0.2) is 11.5 Å². The van der Waals surface area contributed by atoms with Gasteiger partial charge in [0.05, 0.1) is 25.3 Å². The normalized spacial score (nSPS) is 14.2. The fourth-order valence-corrected chi connectivity index (χ4v) is 6.51. The molecular weight excluding hydrogens is 527 g/mol. The van der Waals surface area contributed by atoms with Crippen LogP contribution < -0.4 is 14.4 Å². The van der Waals surface area contributed by atoms with Crippen molar-refractivity contribution in [2.24, 2.45) is 0 Å². The van der Waals surface area contributed by atoms with E-state index in [4.69, 9.17) is 19.2 Å². The van der Waals surface area contributed by atoms with Gasteiger partial charge in [0.2, 0.25) is 5.13 Å². The molecule has 5 rings (SSSR count). The number of hydrogen-bond donors (Lipinski definition) is 0. The van der Waals surface area contributed by atoms with E-state index in [2.05, 4.69) is 40.9 Å². The zero-order chi connectivity index (χ0) is 27.4. The SMILES string of the molecule is COc1ccc(-c2cnc3ccc(N(COCC[Si](C)(C)C)c4nnc(C5CCCC5)s4)nc3c2)cc1OC. The third kappa shape index (κ3) is 6.56. The molecule has 0 saturated heterocycles. The van der Waals surface area contributed by atoms with Crippen molar-refractivity contribution in [1.82, 2.24) is 20.2 Å². The Bertz CT molecular complexity index is 1420. The van der Waals surface area contributed by atoms with Crippen molar-refractivity contribution in [2.75, 3.05) is 32.5 Å². The summed E-state index contributed by atoms with van der Waals surface area (Å²) in [4.78, 5) is 11.8. The van der Waals surface area contributed by atoms with Crippen molar-refractivity contribution in [3.8, 4) is 22.6 Å². The quantitative estimate of drug-likeness (QED) is 0.107. The number of pyridine rings is 2. The number of nitrogens with zero attached hydrogens (tertiary/aromatic N) is 5. The maximum Gasteiger partial charge on any atom is 0.215 e. The van der Waals surface area contributed by atoms with Crippen LogP contribution in [0.15, 0.2) is 42.6 Å². The van der Waals surface area contributed by atoms with Gasteiger partial charge in [0.25, 0.3) is 0 Å². The van der Waals surface area contributed by atoms with Crippen LogP contribution in [-0.2, 0) is 4.74 Å². The summed E-state index contributed by atoms with van der Waals surface area (Å²) in [6.07, 6.45) is 6.79. The summed E-state index contributed by atoms with van der Waals surface area (Å²) < 4.78 is 17.1. The summed E-state index contributed by atoms with van der Waals surface area (Å²) in [6, 6.07) is 13.0. The van der Waals surface area contributed by atoms with Crippen LogP contribution in [0.4, 0.5) is 10.9 Å². The van der Waals surface area contributed by atoms with E-state index < -0.39 is 8.07 Å². The highest BCUT2D eigenvalue weighted by atomic mass is 32.1. The predicted octanol–water partition coefficient (Wildman–Crippen LogP) is 7.27. The van der Waals surface area contributed by atoms with Crippen LogP contribution in [0.1, 0.15) is 36.6 Å². The second kappa shape index (κ2) is 12.0. The highest BCUT2D eigenvalue weighted by Gasteiger charge is 2.24. The van der Waals surface area contributed by atoms with E-state index in [0.717, 1.165) is 50.8 Å². The van der Waals surface area contributed by atoms with Crippen LogP contribution >= 0.6 is 11.3 Å². The average molecular weight is 564 g/mol. The largest absolute Gasteiger partial charge is 0.493 e. The van der Waals surface area contributed by atoms with Crippen molar-refractivity contribution < 1.29 is 14.2 Å². The van der Waals surface area contributed by atoms with Gasteiger partial charge in [-0.05, 0) is 54.8 Å². The second-order valence-electron chi connectivity index (χ2n) is 11.2. The van der Waals surface area contributed by atoms with Gasteiger partial charge in [-0.25, -0.2) is 4.98 Å². The Labute approximate surface area is 235 Å². The minimum Gasteiger partial charge on any atom is -0.493 e. The molecule has 0 spiro atoms. The minimum atomic E-state index is -1.20. The van der Waals surface area contributed by atoms with Crippen LogP contribution in [0, 0.1) is 0 Å². The summed E-state index contributed by atoms with van der Waals surface area (Å²) >= 11 is 1.66. The van der Waals surface area contributed by atoms with Gasteiger partial charge in [-0.2, -0.15) is 0 Å². The standard InChI is InChI=1S/C29H37N5O3SSi/c1-35-25-12-10-21(17-26(25)36-2)22-16-24-23(30-18-22)11-13-27(31-24)34(19-37-14-15-39(3,4)5)29-33-32-28(38-29)20-8-6-7-9-20/h10-13,16-18,20H,6-9,14-15,19H2,1-5H3. The number of aromatic nitrogens is 4. The summed E-state index contributed by atoms with van der Waals surface area (Å²) in [5.41, 5.74) is 3.55. The summed E-state index contributed by atoms with van der Waals surface area (Å²) in [6.45, 7) is 8.19. The fraction of sp³-hybridized carbons (Fsp3) is 0.448. The van der Waals surface area contributed by atoms with Gasteiger partial charge < -0.3 is 14.2 Å². The molecule has 0 radical (unpaired) electrons. The molecule has 0 bridgehead atoms. The Morgan fingerprint density at radius 2 is 1.72 bits per heavy atom. The maximum absolute atomic E-state index is 6.19. The van der Waals surface area contributed by atoms with E-state index in [9.17, 15) is 0 Å². The lowest BCUT2D eigenvalue weighted by Crippen LogP contribution is -2.26. The highest BCUT2D eigenvalue weighted by Crippen LogP contribution is 2.39. The molecule has 0 N–H and O–H groups in total. The summed E-state index contributed by atoms with van der Waals surface area (Å²) in [5.74, 6) is 2.65. The molecule has 0 amide bonds. The Kier molecular flexibility index (Phi) is 8.44. The predicted molar refractivity (Wildman–Crippen MR) is 160 cm³/mol. The molecule has 0 atom stereocenters. The molecule has 0 aliphatic heterocycles. The molecule has 3 heterocycles. The first-order valence-electron chi connectivity index (χ1n) is 13.5. The van der Waals surface area contributed by atoms with E-state index in [1.165, 1.54) is 25.7 Å². The molecular formula is C29H37N5O3SSi. The van der Waals surface area contributed by atoms with Gasteiger partial charge in [-0.1, -0.05) is 49.9 Å². The number of methoxy groups -OCH3 is 2. The smallest absolute Gasteiger partial charge is 0.215 e. The molecule has 1 aliphatic carbocycles. The molecule has 10 heteroatoms. The lowest BCUT2D eigenvalue weighted by Gasteiger charge is -2.22. The summed E-state index contributed by atoms with van der Waals surface area (Å²) in [7, 11) is 2.07. The van der Waals surface area contributed by atoms with E-state index in [1.54, 1.807) is 25.6 Å². The van der Waals surface area contributed by atoms with E-state index in [-0.39, 0.29) is 0 Å². The van der Waals surface area contributed by atoms with Crippen molar-refractivity contribution in [1.29, 1.82) is 0 Å². The van der Waals surface area contributed by atoms with Crippen LogP contribution in [0.2, 0.25) is 25.7 Å². The van der Waals surface area contributed by atoms with Crippen molar-refractivity contribution in [3.63, 3.8) is 0 Å². The van der Waals surface area contributed by atoms with Crippen LogP contribution in [0.25, 0.3) is 22.2 Å². The number of hydrogen-bond acceptors (Lipinski definition) is 9. The number of rotatable bonds is 11. The van der Waals surface area contributed by atoms with Crippen LogP contribution in [0.3, 0.4) is 0 Å². The van der Waals surface area contributed by atoms with Gasteiger partial charge in [-0.3, -0.25) is 9.88 Å². The minimum absolute atomic E-state index is 0.380. The molecule has 1 fully saturated rings. The van der Waals surface area contributed by atoms with Gasteiger partial charge >= 0.3 is 0 Å². The molecule has 8 nitrogen and oxygen atoms in total. The lowest BCUT2D eigenvalue weighted by molar-refractivity contribution is 0.153. The number of anilines is 2. The Hall–Kier alpha value is -3.08. The molecule has 1 aromatic carbocycles. The molecule has 206 valence electrons. The van der Waals surface area contributed by atoms with Gasteiger partial charge in [-0.15, -0.1) is 10.2 Å². The fourth-order valence-electron chi connectivity index (χ4n) is 4.75. The Morgan fingerprint density at radius 3 is 2.46 bits per heavy atom. The average Bonchev–Trinajstić information content (AvgIpc) is 3.64. The molecule has 39 heavy (non-hydrogen) atoms. The first-order valence-corrected chi connectivity index (χ1v) is 18.0. The van der Waals surface area contributed by atoms with E-state index in [0.29, 0.717) is 24.1 Å². The zero-order valence-electron chi connectivity index (χ0n) is 23.4.